The maximum atomic E-state index is 9.93. The van der Waals surface area contributed by atoms with Gasteiger partial charge in [-0.3, -0.25) is 0 Å². The van der Waals surface area contributed by atoms with Gasteiger partial charge in [0.05, 0.1) is 5.02 Å². The monoisotopic (exact) mass is 304 g/mol. The van der Waals surface area contributed by atoms with Crippen LogP contribution in [0.1, 0.15) is 25.5 Å². The Hall–Kier alpha value is -1.32. The number of hydrogen-bond acceptors (Lipinski definition) is 3. The van der Waals surface area contributed by atoms with Crippen molar-refractivity contribution in [2.75, 3.05) is 19.6 Å². The van der Waals surface area contributed by atoms with Gasteiger partial charge in [0.2, 0.25) is 0 Å². The van der Waals surface area contributed by atoms with Crippen LogP contribution in [0.2, 0.25) is 5.02 Å². The van der Waals surface area contributed by atoms with E-state index in [1.807, 2.05) is 12.1 Å². The summed E-state index contributed by atoms with van der Waals surface area (Å²) in [4.78, 5) is 7.08. The summed E-state index contributed by atoms with van der Waals surface area (Å²) in [5.74, 6) is 1.06. The van der Waals surface area contributed by atoms with E-state index in [-0.39, 0.29) is 5.75 Å². The largest absolute Gasteiger partial charge is 0.506 e. The molecular weight excluding hydrogens is 284 g/mol. The van der Waals surface area contributed by atoms with Crippen molar-refractivity contribution in [2.45, 2.75) is 26.2 Å². The minimum Gasteiger partial charge on any atom is -0.506 e. The van der Waals surface area contributed by atoms with Crippen LogP contribution in [0.15, 0.2) is 24.3 Å². The van der Waals surface area contributed by atoms with E-state index in [0.29, 0.717) is 10.5 Å². The highest BCUT2D eigenvalue weighted by Gasteiger charge is 2.15. The van der Waals surface area contributed by atoms with Crippen molar-refractivity contribution >= 4 is 22.5 Å². The van der Waals surface area contributed by atoms with Crippen LogP contribution < -0.4 is 0 Å². The molecule has 1 aromatic carbocycles. The van der Waals surface area contributed by atoms with Gasteiger partial charge in [-0.05, 0) is 56.1 Å². The lowest BCUT2D eigenvalue weighted by molar-refractivity contribution is 0.194. The molecule has 1 aliphatic rings. The number of hydrogen-bond donors (Lipinski definition) is 1. The summed E-state index contributed by atoms with van der Waals surface area (Å²) in [7, 11) is 0. The molecule has 1 aliphatic heterocycles. The first-order valence-electron chi connectivity index (χ1n) is 7.63. The number of rotatable bonds is 3. The van der Waals surface area contributed by atoms with Crippen LogP contribution >= 0.6 is 11.6 Å². The number of halogens is 1. The van der Waals surface area contributed by atoms with Gasteiger partial charge in [0.1, 0.15) is 11.3 Å². The first kappa shape index (κ1) is 14.6. The van der Waals surface area contributed by atoms with Crippen molar-refractivity contribution in [3.8, 4) is 5.75 Å². The number of aromatic nitrogens is 1. The smallest absolute Gasteiger partial charge is 0.141 e. The summed E-state index contributed by atoms with van der Waals surface area (Å²) in [6.45, 7) is 5.74. The Kier molecular flexibility index (Phi) is 4.32. The highest BCUT2D eigenvalue weighted by molar-refractivity contribution is 6.35. The molecule has 0 unspecified atom stereocenters. The molecule has 21 heavy (non-hydrogen) atoms. The summed E-state index contributed by atoms with van der Waals surface area (Å²) in [5, 5.41) is 11.4. The fraction of sp³-hybridized carbons (Fsp3) is 0.471. The number of nitrogens with zero attached hydrogens (tertiary/aromatic N) is 2. The number of likely N-dealkylation sites (tertiary alicyclic amines) is 1. The maximum Gasteiger partial charge on any atom is 0.141 e. The highest BCUT2D eigenvalue weighted by atomic mass is 35.5. The van der Waals surface area contributed by atoms with Crippen LogP contribution in [0, 0.1) is 5.92 Å². The van der Waals surface area contributed by atoms with E-state index in [0.717, 1.165) is 30.0 Å². The Labute approximate surface area is 130 Å². The molecule has 2 aromatic rings. The SMILES string of the molecule is CC1CCN(CCc2ccc3c(Cl)ccc(O)c3n2)CC1. The quantitative estimate of drug-likeness (QED) is 0.935. The Morgan fingerprint density at radius 2 is 2.00 bits per heavy atom. The van der Waals surface area contributed by atoms with Gasteiger partial charge in [-0.2, -0.15) is 0 Å². The van der Waals surface area contributed by atoms with E-state index in [1.54, 1.807) is 12.1 Å². The zero-order valence-electron chi connectivity index (χ0n) is 12.3. The van der Waals surface area contributed by atoms with Crippen molar-refractivity contribution in [3.05, 3.63) is 35.0 Å². The summed E-state index contributed by atoms with van der Waals surface area (Å²) < 4.78 is 0. The Morgan fingerprint density at radius 1 is 1.24 bits per heavy atom. The molecule has 0 spiro atoms. The molecule has 0 amide bonds. The molecule has 1 saturated heterocycles. The number of phenolic OH excluding ortho intramolecular Hbond substituents is 1. The topological polar surface area (TPSA) is 36.4 Å². The second-order valence-electron chi connectivity index (χ2n) is 6.04. The molecule has 3 nitrogen and oxygen atoms in total. The summed E-state index contributed by atoms with van der Waals surface area (Å²) in [6, 6.07) is 7.28. The molecule has 0 saturated carbocycles. The maximum absolute atomic E-state index is 9.93. The average Bonchev–Trinajstić information content (AvgIpc) is 2.50. The molecule has 3 rings (SSSR count). The second kappa shape index (κ2) is 6.20. The van der Waals surface area contributed by atoms with Crippen molar-refractivity contribution < 1.29 is 5.11 Å². The first-order chi connectivity index (χ1) is 10.1. The summed E-state index contributed by atoms with van der Waals surface area (Å²) in [6.07, 6.45) is 3.50. The highest BCUT2D eigenvalue weighted by Crippen LogP contribution is 2.29. The van der Waals surface area contributed by atoms with Gasteiger partial charge in [-0.1, -0.05) is 18.5 Å². The van der Waals surface area contributed by atoms with Crippen LogP contribution in [-0.2, 0) is 6.42 Å². The van der Waals surface area contributed by atoms with Crippen molar-refractivity contribution in [1.82, 2.24) is 9.88 Å². The summed E-state index contributed by atoms with van der Waals surface area (Å²) in [5.41, 5.74) is 1.62. The average molecular weight is 305 g/mol. The standard InChI is InChI=1S/C17H21ClN2O/c1-12-6-9-20(10-7-12)11-8-13-2-3-14-15(18)4-5-16(21)17(14)19-13/h2-5,12,21H,6-11H2,1H3. The third kappa shape index (κ3) is 3.30. The molecule has 1 fully saturated rings. The lowest BCUT2D eigenvalue weighted by atomic mass is 9.99. The predicted octanol–water partition coefficient (Wildman–Crippen LogP) is 3.87. The Balaban J connectivity index is 1.71. The second-order valence-corrected chi connectivity index (χ2v) is 6.45. The molecule has 2 heterocycles. The van der Waals surface area contributed by atoms with Gasteiger partial charge < -0.3 is 10.0 Å². The third-order valence-corrected chi connectivity index (χ3v) is 4.73. The molecule has 1 aromatic heterocycles. The van der Waals surface area contributed by atoms with Crippen molar-refractivity contribution in [3.63, 3.8) is 0 Å². The number of piperidine rings is 1. The number of fused-ring (bicyclic) bond motifs is 1. The number of benzene rings is 1. The molecule has 0 bridgehead atoms. The minimum atomic E-state index is 0.197. The van der Waals surface area contributed by atoms with Crippen LogP contribution in [0.4, 0.5) is 0 Å². The third-order valence-electron chi connectivity index (χ3n) is 4.40. The number of phenols is 1. The molecule has 0 radical (unpaired) electrons. The number of pyridine rings is 1. The minimum absolute atomic E-state index is 0.197. The van der Waals surface area contributed by atoms with E-state index in [4.69, 9.17) is 11.6 Å². The Bertz CT molecular complexity index is 636. The van der Waals surface area contributed by atoms with Crippen LogP contribution in [-0.4, -0.2) is 34.6 Å². The van der Waals surface area contributed by atoms with E-state index in [9.17, 15) is 5.11 Å². The van der Waals surface area contributed by atoms with E-state index in [1.165, 1.54) is 25.9 Å². The Morgan fingerprint density at radius 3 is 2.76 bits per heavy atom. The van der Waals surface area contributed by atoms with Crippen molar-refractivity contribution in [1.29, 1.82) is 0 Å². The molecular formula is C17H21ClN2O. The van der Waals surface area contributed by atoms with Gasteiger partial charge in [0.15, 0.2) is 0 Å². The van der Waals surface area contributed by atoms with Gasteiger partial charge in [0.25, 0.3) is 0 Å². The molecule has 112 valence electrons. The molecule has 0 atom stereocenters. The molecule has 1 N–H and O–H groups in total. The zero-order chi connectivity index (χ0) is 14.8. The predicted molar refractivity (Wildman–Crippen MR) is 87.0 cm³/mol. The van der Waals surface area contributed by atoms with Gasteiger partial charge in [-0.25, -0.2) is 4.98 Å². The fourth-order valence-corrected chi connectivity index (χ4v) is 3.12. The lowest BCUT2D eigenvalue weighted by Crippen LogP contribution is -2.34. The summed E-state index contributed by atoms with van der Waals surface area (Å²) >= 11 is 6.13. The van der Waals surface area contributed by atoms with Gasteiger partial charge >= 0.3 is 0 Å². The van der Waals surface area contributed by atoms with Gasteiger partial charge in [0, 0.05) is 24.0 Å². The van der Waals surface area contributed by atoms with Crippen molar-refractivity contribution in [2.24, 2.45) is 5.92 Å². The van der Waals surface area contributed by atoms with Gasteiger partial charge in [-0.15, -0.1) is 0 Å². The van der Waals surface area contributed by atoms with Crippen LogP contribution in [0.5, 0.6) is 5.75 Å². The van der Waals surface area contributed by atoms with Crippen LogP contribution in [0.25, 0.3) is 10.9 Å². The zero-order valence-corrected chi connectivity index (χ0v) is 13.1. The van der Waals surface area contributed by atoms with Crippen LogP contribution in [0.3, 0.4) is 0 Å². The number of aromatic hydroxyl groups is 1. The normalized spacial score (nSPS) is 17.4. The van der Waals surface area contributed by atoms with E-state index >= 15 is 0 Å². The fourth-order valence-electron chi connectivity index (χ4n) is 2.91. The lowest BCUT2D eigenvalue weighted by Gasteiger charge is -2.30. The molecule has 0 aliphatic carbocycles. The van der Waals surface area contributed by atoms with E-state index in [2.05, 4.69) is 16.8 Å². The van der Waals surface area contributed by atoms with E-state index < -0.39 is 0 Å². The molecule has 4 heteroatoms. The first-order valence-corrected chi connectivity index (χ1v) is 8.01.